The average molecular weight is 230 g/mol. The quantitative estimate of drug-likeness (QED) is 0.637. The maximum absolute atomic E-state index is 12.2. The SMILES string of the molecule is C#CCN(CC)C(=O)c1cc(N)c(C)cc1C. The Balaban J connectivity index is 3.12. The molecule has 0 aliphatic heterocycles. The van der Waals surface area contributed by atoms with E-state index in [0.717, 1.165) is 11.1 Å². The van der Waals surface area contributed by atoms with E-state index in [9.17, 15) is 4.79 Å². The lowest BCUT2D eigenvalue weighted by Crippen LogP contribution is -2.31. The van der Waals surface area contributed by atoms with Crippen LogP contribution in [0.15, 0.2) is 12.1 Å². The van der Waals surface area contributed by atoms with Gasteiger partial charge in [0.05, 0.1) is 6.54 Å². The molecule has 0 heterocycles. The summed E-state index contributed by atoms with van der Waals surface area (Å²) >= 11 is 0. The highest BCUT2D eigenvalue weighted by molar-refractivity contribution is 5.96. The molecule has 0 saturated heterocycles. The average Bonchev–Trinajstić information content (AvgIpc) is 2.30. The second-order valence-electron chi connectivity index (χ2n) is 4.05. The van der Waals surface area contributed by atoms with Crippen LogP contribution in [0.4, 0.5) is 5.69 Å². The molecule has 0 aliphatic rings. The number of benzene rings is 1. The van der Waals surface area contributed by atoms with Crippen molar-refractivity contribution in [3.8, 4) is 12.3 Å². The summed E-state index contributed by atoms with van der Waals surface area (Å²) in [5.74, 6) is 2.43. The maximum atomic E-state index is 12.2. The topological polar surface area (TPSA) is 46.3 Å². The Hall–Kier alpha value is -1.95. The molecule has 1 aromatic rings. The van der Waals surface area contributed by atoms with Crippen molar-refractivity contribution in [3.05, 3.63) is 28.8 Å². The maximum Gasteiger partial charge on any atom is 0.254 e. The Morgan fingerprint density at radius 3 is 2.59 bits per heavy atom. The lowest BCUT2D eigenvalue weighted by Gasteiger charge is -2.19. The fourth-order valence-electron chi connectivity index (χ4n) is 1.71. The van der Waals surface area contributed by atoms with Crippen molar-refractivity contribution in [1.29, 1.82) is 0 Å². The van der Waals surface area contributed by atoms with Gasteiger partial charge in [0, 0.05) is 17.8 Å². The number of carbonyl (C=O) groups excluding carboxylic acids is 1. The minimum absolute atomic E-state index is 0.0605. The summed E-state index contributed by atoms with van der Waals surface area (Å²) < 4.78 is 0. The largest absolute Gasteiger partial charge is 0.398 e. The molecular weight excluding hydrogens is 212 g/mol. The summed E-state index contributed by atoms with van der Waals surface area (Å²) in [4.78, 5) is 13.8. The number of carbonyl (C=O) groups is 1. The van der Waals surface area contributed by atoms with E-state index in [2.05, 4.69) is 5.92 Å². The third kappa shape index (κ3) is 2.79. The zero-order chi connectivity index (χ0) is 13.0. The van der Waals surface area contributed by atoms with Crippen molar-refractivity contribution in [3.63, 3.8) is 0 Å². The Kier molecular flexibility index (Phi) is 4.17. The van der Waals surface area contributed by atoms with Gasteiger partial charge in [-0.15, -0.1) is 6.42 Å². The van der Waals surface area contributed by atoms with Gasteiger partial charge in [0.25, 0.3) is 5.91 Å². The predicted octanol–water partition coefficient (Wildman–Crippen LogP) is 1.98. The van der Waals surface area contributed by atoms with Crippen LogP contribution in [0, 0.1) is 26.2 Å². The Morgan fingerprint density at radius 2 is 2.06 bits per heavy atom. The van der Waals surface area contributed by atoms with Gasteiger partial charge in [0.1, 0.15) is 0 Å². The van der Waals surface area contributed by atoms with Gasteiger partial charge in [-0.05, 0) is 38.0 Å². The number of nitrogens with zero attached hydrogens (tertiary/aromatic N) is 1. The smallest absolute Gasteiger partial charge is 0.254 e. The first-order chi connectivity index (χ1) is 8.01. The molecule has 3 nitrogen and oxygen atoms in total. The molecule has 1 rings (SSSR count). The Labute approximate surface area is 103 Å². The molecule has 0 bridgehead atoms. The standard InChI is InChI=1S/C14H18N2O/c1-5-7-16(6-2)14(17)12-9-13(15)11(4)8-10(12)3/h1,8-9H,6-7,15H2,2-4H3. The number of rotatable bonds is 3. The number of hydrogen-bond acceptors (Lipinski definition) is 2. The molecule has 0 aliphatic carbocycles. The van der Waals surface area contributed by atoms with Crippen molar-refractivity contribution < 1.29 is 4.79 Å². The molecule has 17 heavy (non-hydrogen) atoms. The first-order valence-electron chi connectivity index (χ1n) is 5.60. The third-order valence-electron chi connectivity index (χ3n) is 2.79. The van der Waals surface area contributed by atoms with Crippen LogP contribution in [0.1, 0.15) is 28.4 Å². The molecule has 2 N–H and O–H groups in total. The van der Waals surface area contributed by atoms with Gasteiger partial charge in [-0.3, -0.25) is 4.79 Å². The van der Waals surface area contributed by atoms with E-state index in [1.807, 2.05) is 26.8 Å². The van der Waals surface area contributed by atoms with Crippen molar-refractivity contribution in [2.24, 2.45) is 0 Å². The van der Waals surface area contributed by atoms with Crippen LogP contribution in [0.5, 0.6) is 0 Å². The fraction of sp³-hybridized carbons (Fsp3) is 0.357. The molecule has 0 aromatic heterocycles. The number of amides is 1. The van der Waals surface area contributed by atoms with Crippen molar-refractivity contribution in [1.82, 2.24) is 4.90 Å². The van der Waals surface area contributed by atoms with Crippen LogP contribution in [0.25, 0.3) is 0 Å². The Morgan fingerprint density at radius 1 is 1.41 bits per heavy atom. The van der Waals surface area contributed by atoms with Crippen LogP contribution >= 0.6 is 0 Å². The van der Waals surface area contributed by atoms with Gasteiger partial charge in [-0.1, -0.05) is 12.0 Å². The summed E-state index contributed by atoms with van der Waals surface area (Å²) in [6.45, 7) is 6.65. The number of nitrogen functional groups attached to an aromatic ring is 1. The van der Waals surface area contributed by atoms with E-state index >= 15 is 0 Å². The molecule has 0 unspecified atom stereocenters. The van der Waals surface area contributed by atoms with Gasteiger partial charge in [0.15, 0.2) is 0 Å². The van der Waals surface area contributed by atoms with Crippen LogP contribution in [0.2, 0.25) is 0 Å². The van der Waals surface area contributed by atoms with Gasteiger partial charge >= 0.3 is 0 Å². The summed E-state index contributed by atoms with van der Waals surface area (Å²) in [7, 11) is 0. The van der Waals surface area contributed by atoms with Crippen molar-refractivity contribution in [2.75, 3.05) is 18.8 Å². The van der Waals surface area contributed by atoms with E-state index in [4.69, 9.17) is 12.2 Å². The van der Waals surface area contributed by atoms with Gasteiger partial charge in [-0.2, -0.15) is 0 Å². The molecule has 1 amide bonds. The summed E-state index contributed by atoms with van der Waals surface area (Å²) in [6.07, 6.45) is 5.24. The van der Waals surface area contributed by atoms with Gasteiger partial charge in [0.2, 0.25) is 0 Å². The molecule has 0 atom stereocenters. The second kappa shape index (κ2) is 5.40. The monoisotopic (exact) mass is 230 g/mol. The molecule has 0 saturated carbocycles. The number of nitrogens with two attached hydrogens (primary N) is 1. The van der Waals surface area contributed by atoms with E-state index in [1.165, 1.54) is 0 Å². The highest BCUT2D eigenvalue weighted by atomic mass is 16.2. The van der Waals surface area contributed by atoms with Crippen LogP contribution in [0.3, 0.4) is 0 Å². The Bertz CT molecular complexity index is 472. The fourth-order valence-corrected chi connectivity index (χ4v) is 1.71. The highest BCUT2D eigenvalue weighted by Crippen LogP contribution is 2.19. The van der Waals surface area contributed by atoms with E-state index in [0.29, 0.717) is 24.3 Å². The van der Waals surface area contributed by atoms with Crippen molar-refractivity contribution >= 4 is 11.6 Å². The minimum Gasteiger partial charge on any atom is -0.398 e. The zero-order valence-corrected chi connectivity index (χ0v) is 10.6. The molecule has 3 heteroatoms. The molecular formula is C14H18N2O. The van der Waals surface area contributed by atoms with E-state index < -0.39 is 0 Å². The van der Waals surface area contributed by atoms with Crippen LogP contribution < -0.4 is 5.73 Å². The van der Waals surface area contributed by atoms with Crippen LogP contribution in [-0.4, -0.2) is 23.9 Å². The molecule has 0 radical (unpaired) electrons. The molecule has 0 fully saturated rings. The first kappa shape index (κ1) is 13.1. The predicted molar refractivity (Wildman–Crippen MR) is 70.7 cm³/mol. The van der Waals surface area contributed by atoms with Crippen LogP contribution in [-0.2, 0) is 0 Å². The number of hydrogen-bond donors (Lipinski definition) is 1. The molecule has 90 valence electrons. The van der Waals surface area contributed by atoms with E-state index in [-0.39, 0.29) is 5.91 Å². The lowest BCUT2D eigenvalue weighted by molar-refractivity contribution is 0.0784. The normalized spacial score (nSPS) is 9.76. The summed E-state index contributed by atoms with van der Waals surface area (Å²) in [5, 5.41) is 0. The number of anilines is 1. The van der Waals surface area contributed by atoms with Gasteiger partial charge in [-0.25, -0.2) is 0 Å². The summed E-state index contributed by atoms with van der Waals surface area (Å²) in [5.41, 5.74) is 9.01. The number of aryl methyl sites for hydroxylation is 2. The highest BCUT2D eigenvalue weighted by Gasteiger charge is 2.16. The lowest BCUT2D eigenvalue weighted by atomic mass is 10.0. The number of terminal acetylenes is 1. The van der Waals surface area contributed by atoms with Crippen molar-refractivity contribution in [2.45, 2.75) is 20.8 Å². The van der Waals surface area contributed by atoms with E-state index in [1.54, 1.807) is 11.0 Å². The minimum atomic E-state index is -0.0605. The molecule has 0 spiro atoms. The molecule has 1 aromatic carbocycles. The first-order valence-corrected chi connectivity index (χ1v) is 5.60. The third-order valence-corrected chi connectivity index (χ3v) is 2.79. The summed E-state index contributed by atoms with van der Waals surface area (Å²) in [6, 6.07) is 3.65. The zero-order valence-electron chi connectivity index (χ0n) is 10.6. The second-order valence-corrected chi connectivity index (χ2v) is 4.05. The van der Waals surface area contributed by atoms with Gasteiger partial charge < -0.3 is 10.6 Å².